The molecule has 1 aromatic rings. The smallest absolute Gasteiger partial charge is 0.430 e. The van der Waals surface area contributed by atoms with Crippen LogP contribution in [0.5, 0.6) is 0 Å². The van der Waals surface area contributed by atoms with Crippen LogP contribution < -0.4 is 0 Å². The van der Waals surface area contributed by atoms with Gasteiger partial charge in [-0.2, -0.15) is 13.2 Å². The summed E-state index contributed by atoms with van der Waals surface area (Å²) < 4.78 is 46.1. The van der Waals surface area contributed by atoms with E-state index in [-0.39, 0.29) is 6.61 Å². The van der Waals surface area contributed by atoms with Crippen molar-refractivity contribution in [3.63, 3.8) is 0 Å². The van der Waals surface area contributed by atoms with Crippen molar-refractivity contribution in [2.75, 3.05) is 6.61 Å². The highest BCUT2D eigenvalue weighted by Gasteiger charge is 2.72. The highest BCUT2D eigenvalue weighted by Crippen LogP contribution is 2.44. The molecule has 1 fully saturated rings. The Hall–Kier alpha value is -1.56. The van der Waals surface area contributed by atoms with Crippen LogP contribution in [0.3, 0.4) is 0 Å². The van der Waals surface area contributed by atoms with Gasteiger partial charge in [-0.3, -0.25) is 0 Å². The SMILES string of the molecule is O=C(OCc1ccccc1)[C@@]1(C(F)(F)F)CO1. The van der Waals surface area contributed by atoms with Crippen LogP contribution in [0.2, 0.25) is 0 Å². The molecular formula is C11H9F3O3. The van der Waals surface area contributed by atoms with Crippen molar-refractivity contribution in [1.29, 1.82) is 0 Å². The highest BCUT2D eigenvalue weighted by molar-refractivity contribution is 5.83. The van der Waals surface area contributed by atoms with E-state index in [1.807, 2.05) is 0 Å². The summed E-state index contributed by atoms with van der Waals surface area (Å²) in [5.41, 5.74) is -2.11. The molecule has 1 aliphatic rings. The van der Waals surface area contributed by atoms with Gasteiger partial charge in [0.1, 0.15) is 6.61 Å². The molecule has 0 aromatic heterocycles. The summed E-state index contributed by atoms with van der Waals surface area (Å²) in [4.78, 5) is 11.3. The average molecular weight is 246 g/mol. The number of halogens is 3. The van der Waals surface area contributed by atoms with E-state index in [1.54, 1.807) is 30.3 Å². The molecule has 0 aliphatic carbocycles. The van der Waals surface area contributed by atoms with Crippen molar-refractivity contribution in [3.05, 3.63) is 35.9 Å². The Balaban J connectivity index is 1.95. The number of carbonyl (C=O) groups is 1. The van der Waals surface area contributed by atoms with Gasteiger partial charge in [0, 0.05) is 0 Å². The molecular weight excluding hydrogens is 237 g/mol. The number of hydrogen-bond acceptors (Lipinski definition) is 3. The van der Waals surface area contributed by atoms with Crippen LogP contribution in [0.1, 0.15) is 5.56 Å². The first-order valence-corrected chi connectivity index (χ1v) is 4.87. The maximum Gasteiger partial charge on any atom is 0.430 e. The molecule has 1 aliphatic heterocycles. The normalized spacial score (nSPS) is 23.2. The zero-order chi connectivity index (χ0) is 12.5. The lowest BCUT2D eigenvalue weighted by molar-refractivity contribution is -0.204. The molecule has 1 atom stereocenters. The van der Waals surface area contributed by atoms with E-state index in [2.05, 4.69) is 9.47 Å². The third kappa shape index (κ3) is 2.26. The van der Waals surface area contributed by atoms with Gasteiger partial charge in [-0.15, -0.1) is 0 Å². The lowest BCUT2D eigenvalue weighted by Gasteiger charge is -2.14. The summed E-state index contributed by atoms with van der Waals surface area (Å²) in [6, 6.07) is 8.47. The number of alkyl halides is 3. The van der Waals surface area contributed by atoms with Gasteiger partial charge in [0.2, 0.25) is 0 Å². The van der Waals surface area contributed by atoms with Crippen LogP contribution in [0.15, 0.2) is 30.3 Å². The van der Waals surface area contributed by atoms with E-state index in [0.717, 1.165) is 0 Å². The molecule has 2 rings (SSSR count). The Bertz CT molecular complexity index is 410. The van der Waals surface area contributed by atoms with Crippen molar-refractivity contribution in [1.82, 2.24) is 0 Å². The topological polar surface area (TPSA) is 38.8 Å². The number of ether oxygens (including phenoxy) is 2. The largest absolute Gasteiger partial charge is 0.458 e. The number of esters is 1. The molecule has 0 N–H and O–H groups in total. The lowest BCUT2D eigenvalue weighted by atomic mass is 10.1. The van der Waals surface area contributed by atoms with E-state index in [1.165, 1.54) is 0 Å². The minimum absolute atomic E-state index is 0.194. The van der Waals surface area contributed by atoms with Crippen molar-refractivity contribution in [2.24, 2.45) is 0 Å². The molecule has 6 heteroatoms. The van der Waals surface area contributed by atoms with Crippen LogP contribution >= 0.6 is 0 Å². The summed E-state index contributed by atoms with van der Waals surface area (Å²) in [6.45, 7) is -0.856. The standard InChI is InChI=1S/C11H9F3O3/c12-11(13,14)10(7-17-10)9(15)16-6-8-4-2-1-3-5-8/h1-5H,6-7H2/t10-/m1/s1. The second-order valence-electron chi connectivity index (χ2n) is 3.68. The fourth-order valence-corrected chi connectivity index (χ4v) is 1.31. The van der Waals surface area contributed by atoms with E-state index in [9.17, 15) is 18.0 Å². The fraction of sp³-hybridized carbons (Fsp3) is 0.364. The van der Waals surface area contributed by atoms with Crippen LogP contribution in [-0.4, -0.2) is 24.4 Å². The van der Waals surface area contributed by atoms with Crippen LogP contribution in [0.4, 0.5) is 13.2 Å². The van der Waals surface area contributed by atoms with Gasteiger partial charge in [-0.25, -0.2) is 4.79 Å². The van der Waals surface area contributed by atoms with Gasteiger partial charge in [-0.05, 0) is 5.56 Å². The number of benzene rings is 1. The molecule has 0 spiro atoms. The molecule has 0 amide bonds. The Kier molecular flexibility index (Phi) is 2.82. The van der Waals surface area contributed by atoms with Crippen LogP contribution in [0.25, 0.3) is 0 Å². The predicted molar refractivity (Wildman–Crippen MR) is 51.0 cm³/mol. The zero-order valence-electron chi connectivity index (χ0n) is 8.66. The van der Waals surface area contributed by atoms with Gasteiger partial charge in [0.25, 0.3) is 5.60 Å². The van der Waals surface area contributed by atoms with Gasteiger partial charge in [-0.1, -0.05) is 30.3 Å². The zero-order valence-corrected chi connectivity index (χ0v) is 8.66. The Morgan fingerprint density at radius 2 is 1.94 bits per heavy atom. The average Bonchev–Trinajstić information content (AvgIpc) is 3.07. The monoisotopic (exact) mass is 246 g/mol. The molecule has 0 radical (unpaired) electrons. The van der Waals surface area contributed by atoms with Gasteiger partial charge >= 0.3 is 12.1 Å². The molecule has 0 saturated carbocycles. The molecule has 1 heterocycles. The first-order chi connectivity index (χ1) is 7.96. The molecule has 92 valence electrons. The highest BCUT2D eigenvalue weighted by atomic mass is 19.4. The number of rotatable bonds is 3. The molecule has 3 nitrogen and oxygen atoms in total. The van der Waals surface area contributed by atoms with Crippen LogP contribution in [0, 0.1) is 0 Å². The minimum Gasteiger partial charge on any atom is -0.458 e. The quantitative estimate of drug-likeness (QED) is 0.605. The van der Waals surface area contributed by atoms with Gasteiger partial charge in [0.05, 0.1) is 6.61 Å². The van der Waals surface area contributed by atoms with E-state index < -0.39 is 24.4 Å². The second-order valence-corrected chi connectivity index (χ2v) is 3.68. The number of hydrogen-bond donors (Lipinski definition) is 0. The Labute approximate surface area is 95.1 Å². The van der Waals surface area contributed by atoms with Crippen LogP contribution in [-0.2, 0) is 20.9 Å². The summed E-state index contributed by atoms with van der Waals surface area (Å²) in [5.74, 6) is -1.38. The summed E-state index contributed by atoms with van der Waals surface area (Å²) >= 11 is 0. The van der Waals surface area contributed by atoms with Crippen molar-refractivity contribution < 1.29 is 27.4 Å². The molecule has 1 saturated heterocycles. The molecule has 0 unspecified atom stereocenters. The summed E-state index contributed by atoms with van der Waals surface area (Å²) in [7, 11) is 0. The van der Waals surface area contributed by atoms with Crippen molar-refractivity contribution >= 4 is 5.97 Å². The van der Waals surface area contributed by atoms with Gasteiger partial charge < -0.3 is 9.47 Å². The van der Waals surface area contributed by atoms with E-state index in [4.69, 9.17) is 0 Å². The Morgan fingerprint density at radius 1 is 1.35 bits per heavy atom. The van der Waals surface area contributed by atoms with Crippen molar-refractivity contribution in [2.45, 2.75) is 18.4 Å². The summed E-state index contributed by atoms with van der Waals surface area (Å²) in [6.07, 6.45) is -4.72. The van der Waals surface area contributed by atoms with Crippen molar-refractivity contribution in [3.8, 4) is 0 Å². The lowest BCUT2D eigenvalue weighted by Crippen LogP contribution is -2.41. The first kappa shape index (κ1) is 11.9. The van der Waals surface area contributed by atoms with Gasteiger partial charge in [0.15, 0.2) is 0 Å². The number of epoxide rings is 1. The predicted octanol–water partition coefficient (Wildman–Crippen LogP) is 2.06. The molecule has 0 bridgehead atoms. The van der Waals surface area contributed by atoms with E-state index >= 15 is 0 Å². The molecule has 1 aromatic carbocycles. The number of carbonyl (C=O) groups excluding carboxylic acids is 1. The fourth-order valence-electron chi connectivity index (χ4n) is 1.31. The third-order valence-electron chi connectivity index (χ3n) is 2.43. The summed E-state index contributed by atoms with van der Waals surface area (Å²) in [5, 5.41) is 0. The minimum atomic E-state index is -4.72. The Morgan fingerprint density at radius 3 is 2.41 bits per heavy atom. The molecule has 17 heavy (non-hydrogen) atoms. The van der Waals surface area contributed by atoms with E-state index in [0.29, 0.717) is 5.56 Å². The maximum absolute atomic E-state index is 12.4. The third-order valence-corrected chi connectivity index (χ3v) is 2.43. The maximum atomic E-state index is 12.4. The second kappa shape index (κ2) is 4.03. The first-order valence-electron chi connectivity index (χ1n) is 4.87.